The number of halogens is 1. The second-order valence-electron chi connectivity index (χ2n) is 7.76. The van der Waals surface area contributed by atoms with Crippen LogP contribution in [0.5, 0.6) is 0 Å². The van der Waals surface area contributed by atoms with Crippen LogP contribution in [0.4, 0.5) is 0 Å². The SMILES string of the molecule is CC(C)n1ccnc1-c1ccc(-c2nc3ccccc3c(=O)n2-c2ccc(Cl)cn2)cc1. The van der Waals surface area contributed by atoms with Crippen molar-refractivity contribution in [3.05, 3.63) is 94.6 Å². The smallest absolute Gasteiger partial charge is 0.267 e. The normalized spacial score (nSPS) is 11.4. The number of benzene rings is 2. The lowest BCUT2D eigenvalue weighted by atomic mass is 10.1. The van der Waals surface area contributed by atoms with Gasteiger partial charge in [0.2, 0.25) is 0 Å². The molecule has 2 aromatic carbocycles. The molecule has 0 unspecified atom stereocenters. The molecule has 0 saturated heterocycles. The summed E-state index contributed by atoms with van der Waals surface area (Å²) in [5.41, 5.74) is 2.25. The maximum atomic E-state index is 13.4. The van der Waals surface area contributed by atoms with E-state index in [1.165, 1.54) is 10.8 Å². The summed E-state index contributed by atoms with van der Waals surface area (Å²) >= 11 is 6.02. The topological polar surface area (TPSA) is 65.6 Å². The molecule has 0 atom stereocenters. The first-order chi connectivity index (χ1) is 15.5. The molecule has 0 spiro atoms. The van der Waals surface area contributed by atoms with E-state index in [0.29, 0.717) is 33.6 Å². The van der Waals surface area contributed by atoms with E-state index in [1.54, 1.807) is 24.4 Å². The molecule has 0 saturated carbocycles. The third kappa shape index (κ3) is 3.48. The molecule has 0 aliphatic rings. The molecule has 0 amide bonds. The number of aromatic nitrogens is 5. The largest absolute Gasteiger partial charge is 0.328 e. The van der Waals surface area contributed by atoms with Crippen LogP contribution in [-0.2, 0) is 0 Å². The van der Waals surface area contributed by atoms with Crippen molar-refractivity contribution < 1.29 is 0 Å². The summed E-state index contributed by atoms with van der Waals surface area (Å²) in [7, 11) is 0. The van der Waals surface area contributed by atoms with Crippen molar-refractivity contribution in [2.75, 3.05) is 0 Å². The standard InChI is InChI=1S/C25H20ClN5O/c1-16(2)30-14-13-27-23(30)17-7-9-18(10-8-17)24-29-21-6-4-3-5-20(21)25(32)31(24)22-12-11-19(26)15-28-22/h3-16H,1-2H3. The average molecular weight is 442 g/mol. The minimum atomic E-state index is -0.181. The van der Waals surface area contributed by atoms with Gasteiger partial charge in [0.25, 0.3) is 5.56 Å². The highest BCUT2D eigenvalue weighted by Crippen LogP contribution is 2.26. The molecule has 0 radical (unpaired) electrons. The summed E-state index contributed by atoms with van der Waals surface area (Å²) in [6.07, 6.45) is 5.30. The van der Waals surface area contributed by atoms with E-state index in [4.69, 9.17) is 16.6 Å². The van der Waals surface area contributed by atoms with Crippen molar-refractivity contribution in [3.8, 4) is 28.6 Å². The zero-order chi connectivity index (χ0) is 22.2. The number of para-hydroxylation sites is 1. The number of pyridine rings is 1. The first-order valence-electron chi connectivity index (χ1n) is 10.3. The molecule has 32 heavy (non-hydrogen) atoms. The van der Waals surface area contributed by atoms with Crippen molar-refractivity contribution in [1.29, 1.82) is 0 Å². The zero-order valence-electron chi connectivity index (χ0n) is 17.6. The van der Waals surface area contributed by atoms with Crippen LogP contribution in [0.15, 0.2) is 84.0 Å². The fraction of sp³-hybridized carbons (Fsp3) is 0.120. The molecular formula is C25H20ClN5O. The molecule has 158 valence electrons. The van der Waals surface area contributed by atoms with Crippen LogP contribution in [0.25, 0.3) is 39.5 Å². The monoisotopic (exact) mass is 441 g/mol. The van der Waals surface area contributed by atoms with Crippen LogP contribution in [0.3, 0.4) is 0 Å². The summed E-state index contributed by atoms with van der Waals surface area (Å²) < 4.78 is 3.65. The van der Waals surface area contributed by atoms with Gasteiger partial charge in [-0.3, -0.25) is 4.79 Å². The second-order valence-corrected chi connectivity index (χ2v) is 8.19. The Kier molecular flexibility index (Phi) is 5.07. The molecular weight excluding hydrogens is 422 g/mol. The number of rotatable bonds is 4. The Balaban J connectivity index is 1.70. The molecule has 6 nitrogen and oxygen atoms in total. The van der Waals surface area contributed by atoms with Gasteiger partial charge in [-0.05, 0) is 38.1 Å². The van der Waals surface area contributed by atoms with Gasteiger partial charge in [0, 0.05) is 35.8 Å². The maximum absolute atomic E-state index is 13.4. The van der Waals surface area contributed by atoms with Gasteiger partial charge in [0.1, 0.15) is 17.5 Å². The minimum Gasteiger partial charge on any atom is -0.328 e. The van der Waals surface area contributed by atoms with Gasteiger partial charge in [0.15, 0.2) is 0 Å². The van der Waals surface area contributed by atoms with Gasteiger partial charge in [0.05, 0.1) is 15.9 Å². The number of nitrogens with zero attached hydrogens (tertiary/aromatic N) is 5. The first-order valence-corrected chi connectivity index (χ1v) is 10.7. The first kappa shape index (κ1) is 20.2. The number of hydrogen-bond acceptors (Lipinski definition) is 4. The summed E-state index contributed by atoms with van der Waals surface area (Å²) in [6, 6.07) is 19.0. The van der Waals surface area contributed by atoms with Gasteiger partial charge in [-0.1, -0.05) is 48.0 Å². The van der Waals surface area contributed by atoms with Crippen LogP contribution in [-0.4, -0.2) is 24.1 Å². The number of hydrogen-bond donors (Lipinski definition) is 0. The lowest BCUT2D eigenvalue weighted by Crippen LogP contribution is -2.22. The lowest BCUT2D eigenvalue weighted by Gasteiger charge is -2.14. The van der Waals surface area contributed by atoms with E-state index in [-0.39, 0.29) is 5.56 Å². The highest BCUT2D eigenvalue weighted by atomic mass is 35.5. The molecule has 0 aliphatic carbocycles. The van der Waals surface area contributed by atoms with Crippen LogP contribution < -0.4 is 5.56 Å². The van der Waals surface area contributed by atoms with E-state index in [9.17, 15) is 4.79 Å². The van der Waals surface area contributed by atoms with Gasteiger partial charge >= 0.3 is 0 Å². The molecule has 0 bridgehead atoms. The van der Waals surface area contributed by atoms with Gasteiger partial charge in [-0.15, -0.1) is 0 Å². The Labute approximate surface area is 189 Å². The van der Waals surface area contributed by atoms with Crippen LogP contribution >= 0.6 is 11.6 Å². The Morgan fingerprint density at radius 2 is 1.59 bits per heavy atom. The Hall–Kier alpha value is -3.77. The summed E-state index contributed by atoms with van der Waals surface area (Å²) in [4.78, 5) is 27.1. The van der Waals surface area contributed by atoms with Crippen molar-refractivity contribution in [2.45, 2.75) is 19.9 Å². The number of fused-ring (bicyclic) bond motifs is 1. The Morgan fingerprint density at radius 3 is 2.28 bits per heavy atom. The average Bonchev–Trinajstić information content (AvgIpc) is 3.30. The lowest BCUT2D eigenvalue weighted by molar-refractivity contribution is 0.606. The highest BCUT2D eigenvalue weighted by molar-refractivity contribution is 6.30. The van der Waals surface area contributed by atoms with Crippen molar-refractivity contribution in [2.24, 2.45) is 0 Å². The zero-order valence-corrected chi connectivity index (χ0v) is 18.4. The summed E-state index contributed by atoms with van der Waals surface area (Å²) in [5, 5.41) is 1.03. The molecule has 3 heterocycles. The second kappa shape index (κ2) is 8.05. The van der Waals surface area contributed by atoms with Crippen LogP contribution in [0.2, 0.25) is 5.02 Å². The van der Waals surface area contributed by atoms with Crippen molar-refractivity contribution >= 4 is 22.5 Å². The predicted molar refractivity (Wildman–Crippen MR) is 127 cm³/mol. The number of imidazole rings is 1. The molecule has 3 aromatic heterocycles. The summed E-state index contributed by atoms with van der Waals surface area (Å²) in [6.45, 7) is 4.24. The predicted octanol–water partition coefficient (Wildman–Crippen LogP) is 5.55. The Morgan fingerprint density at radius 1 is 0.875 bits per heavy atom. The van der Waals surface area contributed by atoms with E-state index in [1.807, 2.05) is 48.7 Å². The van der Waals surface area contributed by atoms with E-state index in [2.05, 4.69) is 28.4 Å². The highest BCUT2D eigenvalue weighted by Gasteiger charge is 2.16. The molecule has 7 heteroatoms. The van der Waals surface area contributed by atoms with Crippen LogP contribution in [0.1, 0.15) is 19.9 Å². The van der Waals surface area contributed by atoms with Crippen molar-refractivity contribution in [1.82, 2.24) is 24.1 Å². The third-order valence-corrected chi connectivity index (χ3v) is 5.57. The molecule has 0 fully saturated rings. The summed E-state index contributed by atoms with van der Waals surface area (Å²) in [5.74, 6) is 1.88. The van der Waals surface area contributed by atoms with Crippen LogP contribution in [0, 0.1) is 0 Å². The van der Waals surface area contributed by atoms with E-state index < -0.39 is 0 Å². The van der Waals surface area contributed by atoms with Crippen molar-refractivity contribution in [3.63, 3.8) is 0 Å². The minimum absolute atomic E-state index is 0.181. The van der Waals surface area contributed by atoms with E-state index in [0.717, 1.165) is 17.0 Å². The van der Waals surface area contributed by atoms with E-state index >= 15 is 0 Å². The third-order valence-electron chi connectivity index (χ3n) is 5.34. The molecule has 5 rings (SSSR count). The Bertz CT molecular complexity index is 1470. The fourth-order valence-corrected chi connectivity index (χ4v) is 3.87. The van der Waals surface area contributed by atoms with Gasteiger partial charge in [-0.25, -0.2) is 19.5 Å². The quantitative estimate of drug-likeness (QED) is 0.367. The fourth-order valence-electron chi connectivity index (χ4n) is 3.76. The molecule has 5 aromatic rings. The maximum Gasteiger partial charge on any atom is 0.267 e. The van der Waals surface area contributed by atoms with Gasteiger partial charge < -0.3 is 4.57 Å². The molecule has 0 aliphatic heterocycles. The van der Waals surface area contributed by atoms with Gasteiger partial charge in [-0.2, -0.15) is 0 Å². The molecule has 0 N–H and O–H groups in total.